The number of amides is 2. The number of carbonyl (C=O) groups is 2. The third-order valence-corrected chi connectivity index (χ3v) is 5.26. The Bertz CT molecular complexity index is 878. The molecule has 31 heavy (non-hydrogen) atoms. The number of hydrogen-bond acceptors (Lipinski definition) is 3. The molecule has 168 valence electrons. The van der Waals surface area contributed by atoms with E-state index in [2.05, 4.69) is 5.32 Å². The molecule has 0 heterocycles. The summed E-state index contributed by atoms with van der Waals surface area (Å²) in [4.78, 5) is 27.3. The zero-order valence-corrected chi connectivity index (χ0v) is 19.2. The van der Waals surface area contributed by atoms with Crippen molar-refractivity contribution in [2.75, 3.05) is 13.2 Å². The topological polar surface area (TPSA) is 58.6 Å². The molecule has 1 N–H and O–H groups in total. The first kappa shape index (κ1) is 25.0. The maximum Gasteiger partial charge on any atom is 0.261 e. The lowest BCUT2D eigenvalue weighted by Crippen LogP contribution is -2.50. The smallest absolute Gasteiger partial charge is 0.261 e. The fourth-order valence-corrected chi connectivity index (χ4v) is 3.49. The summed E-state index contributed by atoms with van der Waals surface area (Å²) in [5, 5.41) is 3.63. The Balaban J connectivity index is 2.18. The normalized spacial score (nSPS) is 11.6. The second kappa shape index (κ2) is 12.5. The summed E-state index contributed by atoms with van der Waals surface area (Å²) in [7, 11) is 0. The molecule has 0 aliphatic rings. The molecule has 2 aromatic carbocycles. The van der Waals surface area contributed by atoms with E-state index in [1.807, 2.05) is 13.8 Å². The second-order valence-corrected chi connectivity index (χ2v) is 7.92. The van der Waals surface area contributed by atoms with Gasteiger partial charge in [0.05, 0.1) is 5.02 Å². The number of unbranched alkanes of at least 4 members (excludes halogenated alkanes) is 1. The number of ether oxygens (including phenoxy) is 1. The number of benzene rings is 2. The molecule has 0 aliphatic heterocycles. The van der Waals surface area contributed by atoms with Crippen molar-refractivity contribution in [2.24, 2.45) is 0 Å². The van der Waals surface area contributed by atoms with Crippen LogP contribution in [0.4, 0.5) is 4.39 Å². The Morgan fingerprint density at radius 2 is 1.84 bits per heavy atom. The lowest BCUT2D eigenvalue weighted by atomic mass is 10.1. The van der Waals surface area contributed by atoms with E-state index < -0.39 is 6.04 Å². The number of nitrogens with zero attached hydrogens (tertiary/aromatic N) is 1. The SMILES string of the molecule is CCCCNC(=O)[C@@H](CC)N(Cc1ccc(F)cc1)C(=O)COc1ccc(Cl)cc1Cl. The molecule has 0 saturated carbocycles. The Morgan fingerprint density at radius 3 is 2.45 bits per heavy atom. The molecule has 2 amide bonds. The van der Waals surface area contributed by atoms with Gasteiger partial charge in [-0.25, -0.2) is 4.39 Å². The van der Waals surface area contributed by atoms with Gasteiger partial charge in [-0.15, -0.1) is 0 Å². The summed E-state index contributed by atoms with van der Waals surface area (Å²) >= 11 is 12.0. The summed E-state index contributed by atoms with van der Waals surface area (Å²) in [6.45, 7) is 4.26. The van der Waals surface area contributed by atoms with E-state index >= 15 is 0 Å². The zero-order valence-electron chi connectivity index (χ0n) is 17.7. The van der Waals surface area contributed by atoms with Crippen molar-refractivity contribution in [3.05, 3.63) is 63.9 Å². The molecule has 0 aromatic heterocycles. The van der Waals surface area contributed by atoms with E-state index in [0.29, 0.717) is 29.3 Å². The van der Waals surface area contributed by atoms with Crippen LogP contribution in [0.2, 0.25) is 10.0 Å². The Hall–Kier alpha value is -2.31. The van der Waals surface area contributed by atoms with Crippen molar-refractivity contribution < 1.29 is 18.7 Å². The highest BCUT2D eigenvalue weighted by atomic mass is 35.5. The molecule has 0 bridgehead atoms. The molecule has 1 atom stereocenters. The quantitative estimate of drug-likeness (QED) is 0.459. The minimum absolute atomic E-state index is 0.149. The monoisotopic (exact) mass is 468 g/mol. The summed E-state index contributed by atoms with van der Waals surface area (Å²) < 4.78 is 18.9. The van der Waals surface area contributed by atoms with Crippen LogP contribution in [0.3, 0.4) is 0 Å². The number of halogens is 3. The van der Waals surface area contributed by atoms with Gasteiger partial charge in [-0.3, -0.25) is 9.59 Å². The zero-order chi connectivity index (χ0) is 22.8. The molecule has 2 aromatic rings. The Kier molecular flexibility index (Phi) is 10.1. The highest BCUT2D eigenvalue weighted by Gasteiger charge is 2.29. The molecular formula is C23H27Cl2FN2O3. The maximum atomic E-state index is 13.3. The first-order valence-corrected chi connectivity index (χ1v) is 11.0. The first-order chi connectivity index (χ1) is 14.8. The highest BCUT2D eigenvalue weighted by molar-refractivity contribution is 6.35. The van der Waals surface area contributed by atoms with Crippen LogP contribution in [-0.4, -0.2) is 35.9 Å². The lowest BCUT2D eigenvalue weighted by Gasteiger charge is -2.30. The van der Waals surface area contributed by atoms with Crippen LogP contribution in [0, 0.1) is 5.82 Å². The summed E-state index contributed by atoms with van der Waals surface area (Å²) in [5.74, 6) is -0.656. The van der Waals surface area contributed by atoms with Crippen LogP contribution >= 0.6 is 23.2 Å². The predicted molar refractivity (Wildman–Crippen MR) is 121 cm³/mol. The van der Waals surface area contributed by atoms with Crippen LogP contribution in [0.1, 0.15) is 38.7 Å². The van der Waals surface area contributed by atoms with Gasteiger partial charge in [0.15, 0.2) is 6.61 Å². The Labute approximate surface area is 192 Å². The predicted octanol–water partition coefficient (Wildman–Crippen LogP) is 5.24. The minimum atomic E-state index is -0.682. The molecule has 0 unspecified atom stereocenters. The summed E-state index contributed by atoms with van der Waals surface area (Å²) in [6.07, 6.45) is 2.23. The van der Waals surface area contributed by atoms with Gasteiger partial charge in [0.2, 0.25) is 5.91 Å². The van der Waals surface area contributed by atoms with Gasteiger partial charge in [0.25, 0.3) is 5.91 Å². The maximum absolute atomic E-state index is 13.3. The number of carbonyl (C=O) groups excluding carboxylic acids is 2. The lowest BCUT2D eigenvalue weighted by molar-refractivity contribution is -0.143. The fraction of sp³-hybridized carbons (Fsp3) is 0.391. The number of rotatable bonds is 11. The van der Waals surface area contributed by atoms with Gasteiger partial charge in [-0.2, -0.15) is 0 Å². The minimum Gasteiger partial charge on any atom is -0.482 e. The van der Waals surface area contributed by atoms with Gasteiger partial charge in [0, 0.05) is 18.1 Å². The largest absolute Gasteiger partial charge is 0.482 e. The molecule has 5 nitrogen and oxygen atoms in total. The highest BCUT2D eigenvalue weighted by Crippen LogP contribution is 2.27. The van der Waals surface area contributed by atoms with E-state index in [4.69, 9.17) is 27.9 Å². The van der Waals surface area contributed by atoms with Crippen molar-refractivity contribution in [1.29, 1.82) is 0 Å². The third-order valence-electron chi connectivity index (χ3n) is 4.73. The van der Waals surface area contributed by atoms with Crippen LogP contribution in [0.25, 0.3) is 0 Å². The second-order valence-electron chi connectivity index (χ2n) is 7.08. The molecular weight excluding hydrogens is 442 g/mol. The summed E-state index contributed by atoms with van der Waals surface area (Å²) in [6, 6.07) is 9.86. The van der Waals surface area contributed by atoms with E-state index in [9.17, 15) is 14.0 Å². The summed E-state index contributed by atoms with van der Waals surface area (Å²) in [5.41, 5.74) is 0.707. The molecule has 0 saturated heterocycles. The molecule has 0 fully saturated rings. The van der Waals surface area contributed by atoms with E-state index in [-0.39, 0.29) is 35.8 Å². The molecule has 0 aliphatic carbocycles. The molecule has 8 heteroatoms. The Morgan fingerprint density at radius 1 is 1.13 bits per heavy atom. The number of hydrogen-bond donors (Lipinski definition) is 1. The number of nitrogens with one attached hydrogen (secondary N) is 1. The van der Waals surface area contributed by atoms with Crippen molar-refractivity contribution in [2.45, 2.75) is 45.7 Å². The average molecular weight is 469 g/mol. The molecule has 0 spiro atoms. The van der Waals surface area contributed by atoms with Gasteiger partial charge < -0.3 is 15.0 Å². The average Bonchev–Trinajstić information content (AvgIpc) is 2.74. The van der Waals surface area contributed by atoms with Gasteiger partial charge in [-0.05, 0) is 48.7 Å². The van der Waals surface area contributed by atoms with Gasteiger partial charge in [0.1, 0.15) is 17.6 Å². The van der Waals surface area contributed by atoms with Crippen molar-refractivity contribution in [3.8, 4) is 5.75 Å². The van der Waals surface area contributed by atoms with Gasteiger partial charge >= 0.3 is 0 Å². The van der Waals surface area contributed by atoms with E-state index in [1.54, 1.807) is 24.3 Å². The van der Waals surface area contributed by atoms with Crippen LogP contribution in [0.5, 0.6) is 5.75 Å². The van der Waals surface area contributed by atoms with Crippen LogP contribution in [0.15, 0.2) is 42.5 Å². The van der Waals surface area contributed by atoms with Gasteiger partial charge in [-0.1, -0.05) is 55.6 Å². The fourth-order valence-electron chi connectivity index (χ4n) is 3.03. The van der Waals surface area contributed by atoms with Crippen molar-refractivity contribution >= 4 is 35.0 Å². The van der Waals surface area contributed by atoms with Crippen molar-refractivity contribution in [3.63, 3.8) is 0 Å². The standard InChI is InChI=1S/C23H27Cl2FN2O3/c1-3-5-12-27-23(30)20(4-2)28(14-16-6-9-18(26)10-7-16)22(29)15-31-21-11-8-17(24)13-19(21)25/h6-11,13,20H,3-5,12,14-15H2,1-2H3,(H,27,30)/t20-/m1/s1. The van der Waals surface area contributed by atoms with Crippen LogP contribution < -0.4 is 10.1 Å². The first-order valence-electron chi connectivity index (χ1n) is 10.2. The molecule has 2 rings (SSSR count). The van der Waals surface area contributed by atoms with E-state index in [1.165, 1.54) is 23.1 Å². The molecule has 0 radical (unpaired) electrons. The van der Waals surface area contributed by atoms with Crippen LogP contribution in [-0.2, 0) is 16.1 Å². The van der Waals surface area contributed by atoms with Crippen molar-refractivity contribution in [1.82, 2.24) is 10.2 Å². The van der Waals surface area contributed by atoms with E-state index in [0.717, 1.165) is 12.8 Å². The third kappa shape index (κ3) is 7.71.